The highest BCUT2D eigenvalue weighted by molar-refractivity contribution is 4.98. The molecule has 1 aliphatic rings. The van der Waals surface area contributed by atoms with E-state index in [4.69, 9.17) is 20.7 Å². The average molecular weight is 205 g/mol. The first kappa shape index (κ1) is 11.9. The highest BCUT2D eigenvalue weighted by Gasteiger charge is 2.47. The Hall–Kier alpha value is -0.200. The molecule has 5 heteroatoms. The fourth-order valence-electron chi connectivity index (χ4n) is 1.94. The number of aliphatic hydroxyl groups excluding tert-OH is 3. The molecule has 4 atom stereocenters. The van der Waals surface area contributed by atoms with Crippen molar-refractivity contribution in [2.24, 2.45) is 11.7 Å². The Labute approximate surface area is 83.5 Å². The number of ether oxygens (including phenoxy) is 1. The quantitative estimate of drug-likeness (QED) is 0.438. The molecule has 1 heterocycles. The molecule has 1 saturated heterocycles. The Morgan fingerprint density at radius 3 is 2.29 bits per heavy atom. The smallest absolute Gasteiger partial charge is 0.0988 e. The number of nitrogens with two attached hydrogens (primary N) is 1. The van der Waals surface area contributed by atoms with Crippen molar-refractivity contribution in [3.05, 3.63) is 0 Å². The fourth-order valence-corrected chi connectivity index (χ4v) is 1.94. The lowest BCUT2D eigenvalue weighted by Crippen LogP contribution is -2.63. The first-order chi connectivity index (χ1) is 6.44. The van der Waals surface area contributed by atoms with Crippen molar-refractivity contribution in [2.45, 2.75) is 37.7 Å². The van der Waals surface area contributed by atoms with Crippen molar-refractivity contribution in [2.75, 3.05) is 13.2 Å². The molecule has 0 aromatic heterocycles. The van der Waals surface area contributed by atoms with E-state index in [0.717, 1.165) is 0 Å². The van der Waals surface area contributed by atoms with E-state index in [-0.39, 0.29) is 13.2 Å². The maximum absolute atomic E-state index is 9.80. The first-order valence-electron chi connectivity index (χ1n) is 4.77. The minimum atomic E-state index is -0.846. The molecule has 5 N–H and O–H groups in total. The number of hydrogen-bond acceptors (Lipinski definition) is 5. The zero-order chi connectivity index (χ0) is 10.9. The summed E-state index contributed by atoms with van der Waals surface area (Å²) in [6, 6.07) is -0.648. The minimum Gasteiger partial charge on any atom is -0.396 e. The van der Waals surface area contributed by atoms with E-state index in [1.165, 1.54) is 0 Å². The van der Waals surface area contributed by atoms with Gasteiger partial charge in [0.05, 0.1) is 37.1 Å². The molecular formula is C9H19NO4. The van der Waals surface area contributed by atoms with Gasteiger partial charge in [0.25, 0.3) is 0 Å². The molecule has 0 bridgehead atoms. The summed E-state index contributed by atoms with van der Waals surface area (Å²) in [5.41, 5.74) is 5.00. The van der Waals surface area contributed by atoms with Gasteiger partial charge >= 0.3 is 0 Å². The Morgan fingerprint density at radius 1 is 1.29 bits per heavy atom. The molecule has 84 valence electrons. The second-order valence-corrected chi connectivity index (χ2v) is 4.30. The Balaban J connectivity index is 2.83. The summed E-state index contributed by atoms with van der Waals surface area (Å²) < 4.78 is 5.51. The van der Waals surface area contributed by atoms with Crippen LogP contribution in [0.15, 0.2) is 0 Å². The predicted octanol–water partition coefficient (Wildman–Crippen LogP) is -1.55. The second-order valence-electron chi connectivity index (χ2n) is 4.30. The van der Waals surface area contributed by atoms with Crippen LogP contribution in [-0.2, 0) is 4.74 Å². The molecule has 1 fully saturated rings. The zero-order valence-electron chi connectivity index (χ0n) is 8.55. The number of hydrogen-bond donors (Lipinski definition) is 4. The summed E-state index contributed by atoms with van der Waals surface area (Å²) >= 11 is 0. The molecule has 0 spiro atoms. The van der Waals surface area contributed by atoms with Crippen LogP contribution in [0.1, 0.15) is 13.8 Å². The van der Waals surface area contributed by atoms with Crippen LogP contribution >= 0.6 is 0 Å². The molecule has 1 aliphatic heterocycles. The van der Waals surface area contributed by atoms with E-state index in [9.17, 15) is 5.11 Å². The summed E-state index contributed by atoms with van der Waals surface area (Å²) in [5, 5.41) is 27.9. The third-order valence-electron chi connectivity index (χ3n) is 2.96. The van der Waals surface area contributed by atoms with Gasteiger partial charge in [-0.25, -0.2) is 0 Å². The van der Waals surface area contributed by atoms with Gasteiger partial charge in [-0.1, -0.05) is 0 Å². The molecule has 0 saturated carbocycles. The van der Waals surface area contributed by atoms with Gasteiger partial charge in [-0.3, -0.25) is 0 Å². The van der Waals surface area contributed by atoms with Crippen LogP contribution in [0.25, 0.3) is 0 Å². The van der Waals surface area contributed by atoms with E-state index in [2.05, 4.69) is 0 Å². The highest BCUT2D eigenvalue weighted by atomic mass is 16.5. The Morgan fingerprint density at radius 2 is 1.86 bits per heavy atom. The lowest BCUT2D eigenvalue weighted by atomic mass is 9.79. The SMILES string of the molecule is CC1(C)OC(CO)C(N)C(O)C1CO. The lowest BCUT2D eigenvalue weighted by Gasteiger charge is -2.47. The van der Waals surface area contributed by atoms with Gasteiger partial charge in [0.15, 0.2) is 0 Å². The lowest BCUT2D eigenvalue weighted by molar-refractivity contribution is -0.209. The Kier molecular flexibility index (Phi) is 3.49. The van der Waals surface area contributed by atoms with E-state index >= 15 is 0 Å². The summed E-state index contributed by atoms with van der Waals surface area (Å²) in [7, 11) is 0. The molecule has 5 nitrogen and oxygen atoms in total. The van der Waals surface area contributed by atoms with Crippen LogP contribution in [-0.4, -0.2) is 52.4 Å². The molecule has 4 unspecified atom stereocenters. The van der Waals surface area contributed by atoms with Crippen LogP contribution in [0.5, 0.6) is 0 Å². The van der Waals surface area contributed by atoms with Crippen LogP contribution in [0.4, 0.5) is 0 Å². The standard InChI is InChI=1S/C9H19NO4/c1-9(2)5(3-11)8(13)7(10)6(4-12)14-9/h5-8,11-13H,3-4,10H2,1-2H3. The second kappa shape index (κ2) is 4.12. The van der Waals surface area contributed by atoms with E-state index in [1.807, 2.05) is 0 Å². The monoisotopic (exact) mass is 205 g/mol. The van der Waals surface area contributed by atoms with E-state index in [0.29, 0.717) is 0 Å². The van der Waals surface area contributed by atoms with Crippen molar-refractivity contribution in [1.82, 2.24) is 0 Å². The molecule has 0 aliphatic carbocycles. The van der Waals surface area contributed by atoms with E-state index in [1.54, 1.807) is 13.8 Å². The van der Waals surface area contributed by atoms with Gasteiger partial charge in [0.1, 0.15) is 0 Å². The normalized spacial score (nSPS) is 42.4. The third-order valence-corrected chi connectivity index (χ3v) is 2.96. The van der Waals surface area contributed by atoms with Gasteiger partial charge in [-0.2, -0.15) is 0 Å². The van der Waals surface area contributed by atoms with Crippen LogP contribution in [0.3, 0.4) is 0 Å². The summed E-state index contributed by atoms with van der Waals surface area (Å²) in [6.45, 7) is 3.14. The summed E-state index contributed by atoms with van der Waals surface area (Å²) in [6.07, 6.45) is -1.41. The molecule has 0 aromatic carbocycles. The molecular weight excluding hydrogens is 186 g/mol. The molecule has 0 amide bonds. The molecule has 0 aromatic rings. The largest absolute Gasteiger partial charge is 0.396 e. The van der Waals surface area contributed by atoms with E-state index < -0.39 is 29.8 Å². The van der Waals surface area contributed by atoms with Crippen molar-refractivity contribution < 1.29 is 20.1 Å². The van der Waals surface area contributed by atoms with Crippen LogP contribution in [0.2, 0.25) is 0 Å². The van der Waals surface area contributed by atoms with Gasteiger partial charge < -0.3 is 25.8 Å². The first-order valence-corrected chi connectivity index (χ1v) is 4.77. The summed E-state index contributed by atoms with van der Waals surface area (Å²) in [4.78, 5) is 0. The predicted molar refractivity (Wildman–Crippen MR) is 50.6 cm³/mol. The molecule has 14 heavy (non-hydrogen) atoms. The van der Waals surface area contributed by atoms with Crippen molar-refractivity contribution in [1.29, 1.82) is 0 Å². The van der Waals surface area contributed by atoms with Crippen molar-refractivity contribution >= 4 is 0 Å². The topological polar surface area (TPSA) is 95.9 Å². The maximum atomic E-state index is 9.80. The molecule has 1 rings (SSSR count). The van der Waals surface area contributed by atoms with Crippen molar-refractivity contribution in [3.8, 4) is 0 Å². The average Bonchev–Trinajstić information content (AvgIpc) is 2.12. The number of rotatable bonds is 2. The molecule has 0 radical (unpaired) electrons. The van der Waals surface area contributed by atoms with Crippen molar-refractivity contribution in [3.63, 3.8) is 0 Å². The highest BCUT2D eigenvalue weighted by Crippen LogP contribution is 2.33. The van der Waals surface area contributed by atoms with Gasteiger partial charge in [-0.05, 0) is 13.8 Å². The Bertz CT molecular complexity index is 197. The van der Waals surface area contributed by atoms with Gasteiger partial charge in [0.2, 0.25) is 0 Å². The minimum absolute atomic E-state index is 0.181. The number of aliphatic hydroxyl groups is 3. The maximum Gasteiger partial charge on any atom is 0.0988 e. The van der Waals surface area contributed by atoms with Gasteiger partial charge in [0, 0.05) is 5.92 Å². The zero-order valence-corrected chi connectivity index (χ0v) is 8.55. The van der Waals surface area contributed by atoms with Gasteiger partial charge in [-0.15, -0.1) is 0 Å². The fraction of sp³-hybridized carbons (Fsp3) is 1.00. The van der Waals surface area contributed by atoms with Crippen LogP contribution < -0.4 is 5.73 Å². The summed E-state index contributed by atoms with van der Waals surface area (Å²) in [5.74, 6) is -0.416. The van der Waals surface area contributed by atoms with Crippen LogP contribution in [0, 0.1) is 5.92 Å². The third kappa shape index (κ3) is 1.92.